The van der Waals surface area contributed by atoms with Crippen LogP contribution in [0.2, 0.25) is 0 Å². The molecule has 0 radical (unpaired) electrons. The first-order valence-corrected chi connectivity index (χ1v) is 6.89. The van der Waals surface area contributed by atoms with Gasteiger partial charge in [-0.3, -0.25) is 4.79 Å². The average molecular weight is 268 g/mol. The summed E-state index contributed by atoms with van der Waals surface area (Å²) in [5, 5.41) is 13.2. The van der Waals surface area contributed by atoms with E-state index in [-0.39, 0.29) is 11.7 Å². The Morgan fingerprint density at radius 3 is 2.63 bits per heavy atom. The van der Waals surface area contributed by atoms with Crippen LogP contribution in [-0.4, -0.2) is 40.8 Å². The van der Waals surface area contributed by atoms with Crippen molar-refractivity contribution in [1.29, 1.82) is 0 Å². The van der Waals surface area contributed by atoms with E-state index in [4.69, 9.17) is 4.52 Å². The summed E-state index contributed by atoms with van der Waals surface area (Å²) in [6.45, 7) is 6.40. The highest BCUT2D eigenvalue weighted by molar-refractivity contribution is 5.91. The van der Waals surface area contributed by atoms with E-state index in [1.54, 1.807) is 24.9 Å². The van der Waals surface area contributed by atoms with E-state index in [9.17, 15) is 9.90 Å². The molecule has 1 aromatic heterocycles. The van der Waals surface area contributed by atoms with Crippen molar-refractivity contribution >= 4 is 5.91 Å². The molecule has 1 atom stereocenters. The summed E-state index contributed by atoms with van der Waals surface area (Å²) in [6.07, 6.45) is 2.10. The van der Waals surface area contributed by atoms with Crippen LogP contribution in [0.1, 0.15) is 62.2 Å². The Bertz CT molecular complexity index is 397. The summed E-state index contributed by atoms with van der Waals surface area (Å²) >= 11 is 0. The first kappa shape index (κ1) is 15.7. The van der Waals surface area contributed by atoms with Gasteiger partial charge in [-0.2, -0.15) is 0 Å². The molecule has 0 fully saturated rings. The summed E-state index contributed by atoms with van der Waals surface area (Å²) in [5.74, 6) is 0.424. The van der Waals surface area contributed by atoms with Gasteiger partial charge in [-0.15, -0.1) is 0 Å². The fourth-order valence-electron chi connectivity index (χ4n) is 1.96. The van der Waals surface area contributed by atoms with Gasteiger partial charge in [0.25, 0.3) is 5.91 Å². The van der Waals surface area contributed by atoms with Crippen LogP contribution in [0.5, 0.6) is 0 Å². The minimum atomic E-state index is -0.412. The van der Waals surface area contributed by atoms with Crippen LogP contribution in [0.4, 0.5) is 0 Å². The fraction of sp³-hybridized carbons (Fsp3) is 0.714. The number of aromatic nitrogens is 1. The molecule has 0 bridgehead atoms. The van der Waals surface area contributed by atoms with Crippen LogP contribution >= 0.6 is 0 Å². The number of amides is 1. The first-order chi connectivity index (χ1) is 8.99. The summed E-state index contributed by atoms with van der Waals surface area (Å²) in [6, 6.07) is 1.73. The van der Waals surface area contributed by atoms with Crippen LogP contribution < -0.4 is 0 Å². The zero-order chi connectivity index (χ0) is 14.4. The zero-order valence-electron chi connectivity index (χ0n) is 12.2. The molecule has 1 heterocycles. The van der Waals surface area contributed by atoms with Gasteiger partial charge >= 0.3 is 0 Å². The monoisotopic (exact) mass is 268 g/mol. The smallest absolute Gasteiger partial charge is 0.292 e. The molecule has 1 amide bonds. The summed E-state index contributed by atoms with van der Waals surface area (Å²) in [5.41, 5.74) is 0.845. The Hall–Kier alpha value is -1.36. The highest BCUT2D eigenvalue weighted by atomic mass is 16.5. The Morgan fingerprint density at radius 1 is 1.47 bits per heavy atom. The standard InChI is InChI=1S/C14H24N2O3/c1-5-11(6-2)12-9-13(19-15-12)14(18)16(4)8-7-10(3)17/h9-11,17H,5-8H2,1-4H3. The van der Waals surface area contributed by atoms with Gasteiger partial charge in [-0.1, -0.05) is 19.0 Å². The van der Waals surface area contributed by atoms with Gasteiger partial charge in [-0.25, -0.2) is 0 Å². The molecular weight excluding hydrogens is 244 g/mol. The van der Waals surface area contributed by atoms with E-state index in [2.05, 4.69) is 19.0 Å². The molecule has 1 aromatic rings. The normalized spacial score (nSPS) is 12.7. The number of rotatable bonds is 7. The molecule has 108 valence electrons. The molecule has 0 aliphatic heterocycles. The molecule has 1 unspecified atom stereocenters. The van der Waals surface area contributed by atoms with Crippen LogP contribution in [-0.2, 0) is 0 Å². The van der Waals surface area contributed by atoms with Crippen molar-refractivity contribution in [3.63, 3.8) is 0 Å². The second kappa shape index (κ2) is 7.28. The SMILES string of the molecule is CCC(CC)c1cc(C(=O)N(C)CCC(C)O)on1. The third kappa shape index (κ3) is 4.35. The number of aliphatic hydroxyl groups is 1. The highest BCUT2D eigenvalue weighted by Crippen LogP contribution is 2.22. The molecule has 5 nitrogen and oxygen atoms in total. The Kier molecular flexibility index (Phi) is 6.02. The van der Waals surface area contributed by atoms with E-state index in [1.165, 1.54) is 0 Å². The second-order valence-corrected chi connectivity index (χ2v) is 4.99. The van der Waals surface area contributed by atoms with Crippen LogP contribution in [0.25, 0.3) is 0 Å². The third-order valence-corrected chi connectivity index (χ3v) is 3.37. The van der Waals surface area contributed by atoms with Crippen molar-refractivity contribution in [3.8, 4) is 0 Å². The number of hydrogen-bond acceptors (Lipinski definition) is 4. The molecule has 19 heavy (non-hydrogen) atoms. The van der Waals surface area contributed by atoms with Gasteiger partial charge in [0.05, 0.1) is 11.8 Å². The Balaban J connectivity index is 2.67. The molecule has 0 aromatic carbocycles. The number of nitrogens with zero attached hydrogens (tertiary/aromatic N) is 2. The third-order valence-electron chi connectivity index (χ3n) is 3.37. The molecular formula is C14H24N2O3. The number of carbonyl (C=O) groups is 1. The van der Waals surface area contributed by atoms with Crippen LogP contribution in [0.15, 0.2) is 10.6 Å². The lowest BCUT2D eigenvalue weighted by atomic mass is 9.99. The molecule has 5 heteroatoms. The Labute approximate surface area is 114 Å². The molecule has 1 rings (SSSR count). The predicted molar refractivity (Wildman–Crippen MR) is 73.1 cm³/mol. The molecule has 0 aliphatic rings. The number of hydrogen-bond donors (Lipinski definition) is 1. The minimum absolute atomic E-state index is 0.189. The van der Waals surface area contributed by atoms with E-state index < -0.39 is 6.10 Å². The van der Waals surface area contributed by atoms with Crippen LogP contribution in [0, 0.1) is 0 Å². The summed E-state index contributed by atoms with van der Waals surface area (Å²) < 4.78 is 5.14. The molecule has 0 saturated heterocycles. The van der Waals surface area contributed by atoms with Crippen molar-refractivity contribution in [1.82, 2.24) is 10.1 Å². The minimum Gasteiger partial charge on any atom is -0.393 e. The first-order valence-electron chi connectivity index (χ1n) is 6.89. The molecule has 1 N–H and O–H groups in total. The molecule has 0 spiro atoms. The van der Waals surface area contributed by atoms with Crippen LogP contribution in [0.3, 0.4) is 0 Å². The van der Waals surface area contributed by atoms with Gasteiger partial charge in [0.15, 0.2) is 0 Å². The maximum Gasteiger partial charge on any atom is 0.292 e. The lowest BCUT2D eigenvalue weighted by Gasteiger charge is -2.15. The van der Waals surface area contributed by atoms with Crippen molar-refractivity contribution in [2.24, 2.45) is 0 Å². The van der Waals surface area contributed by atoms with E-state index in [1.807, 2.05) is 0 Å². The van der Waals surface area contributed by atoms with Crippen molar-refractivity contribution in [3.05, 3.63) is 17.5 Å². The maximum atomic E-state index is 12.1. The van der Waals surface area contributed by atoms with Crippen molar-refractivity contribution < 1.29 is 14.4 Å². The maximum absolute atomic E-state index is 12.1. The van der Waals surface area contributed by atoms with E-state index in [0.29, 0.717) is 18.9 Å². The fourth-order valence-corrected chi connectivity index (χ4v) is 1.96. The van der Waals surface area contributed by atoms with E-state index in [0.717, 1.165) is 18.5 Å². The molecule has 0 aliphatic carbocycles. The molecule has 0 saturated carbocycles. The van der Waals surface area contributed by atoms with Crippen molar-refractivity contribution in [2.45, 2.75) is 52.1 Å². The summed E-state index contributed by atoms with van der Waals surface area (Å²) in [4.78, 5) is 13.6. The van der Waals surface area contributed by atoms with Crippen molar-refractivity contribution in [2.75, 3.05) is 13.6 Å². The zero-order valence-corrected chi connectivity index (χ0v) is 12.2. The van der Waals surface area contributed by atoms with Gasteiger partial charge in [0.1, 0.15) is 0 Å². The van der Waals surface area contributed by atoms with E-state index >= 15 is 0 Å². The number of aliphatic hydroxyl groups excluding tert-OH is 1. The predicted octanol–water partition coefficient (Wildman–Crippen LogP) is 2.42. The van der Waals surface area contributed by atoms with Gasteiger partial charge in [-0.05, 0) is 26.2 Å². The topological polar surface area (TPSA) is 66.6 Å². The second-order valence-electron chi connectivity index (χ2n) is 4.99. The largest absolute Gasteiger partial charge is 0.393 e. The highest BCUT2D eigenvalue weighted by Gasteiger charge is 2.20. The van der Waals surface area contributed by atoms with Gasteiger partial charge < -0.3 is 14.5 Å². The quantitative estimate of drug-likeness (QED) is 0.824. The lowest BCUT2D eigenvalue weighted by Crippen LogP contribution is -2.29. The van der Waals surface area contributed by atoms with Gasteiger partial charge in [0, 0.05) is 25.6 Å². The average Bonchev–Trinajstić information content (AvgIpc) is 2.86. The Morgan fingerprint density at radius 2 is 2.11 bits per heavy atom. The van der Waals surface area contributed by atoms with Gasteiger partial charge in [0.2, 0.25) is 5.76 Å². The lowest BCUT2D eigenvalue weighted by molar-refractivity contribution is 0.0728. The number of carbonyl (C=O) groups excluding carboxylic acids is 1. The summed E-state index contributed by atoms with van der Waals surface area (Å²) in [7, 11) is 1.70.